The Labute approximate surface area is 189 Å². The van der Waals surface area contributed by atoms with Crippen molar-refractivity contribution in [3.63, 3.8) is 0 Å². The normalized spacial score (nSPS) is 19.0. The van der Waals surface area contributed by atoms with Crippen LogP contribution in [0.25, 0.3) is 0 Å². The van der Waals surface area contributed by atoms with Crippen LogP contribution in [0, 0.1) is 10.8 Å². The second kappa shape index (κ2) is 8.27. The summed E-state index contributed by atoms with van der Waals surface area (Å²) in [4.78, 5) is 41.2. The topological polar surface area (TPSA) is 111 Å². The zero-order valence-corrected chi connectivity index (χ0v) is 18.5. The summed E-state index contributed by atoms with van der Waals surface area (Å²) in [5.74, 6) is 0.758. The van der Waals surface area contributed by atoms with Crippen molar-refractivity contribution in [2.24, 2.45) is 16.1 Å². The number of nitroso groups, excluding NO2 is 1. The Bertz CT molecular complexity index is 1160. The Morgan fingerprint density at radius 1 is 1.28 bits per heavy atom. The van der Waals surface area contributed by atoms with E-state index in [1.165, 1.54) is 10.9 Å². The SMILES string of the molecule is O=Nc1cn(CC2(n3cc(Cl)c4c3N=CCC4)CCCC2)nc(C(=O)NCC2CC2)c1=O. The lowest BCUT2D eigenvalue weighted by atomic mass is 9.96. The standard InChI is InChI=1S/C22H25ClN6O3/c23-16-11-29(20-15(16)4-3-9-24-20)22(7-1-2-8-22)13-28-12-17(27-32)19(30)18(26-28)21(31)25-10-14-5-6-14/h9,11-12,14H,1-8,10,13H2,(H,25,31). The lowest BCUT2D eigenvalue weighted by molar-refractivity contribution is 0.0942. The summed E-state index contributed by atoms with van der Waals surface area (Å²) in [5.41, 5.74) is -0.660. The van der Waals surface area contributed by atoms with Crippen LogP contribution in [0.2, 0.25) is 5.02 Å². The number of aliphatic imine (C=N–C) groups is 1. The molecular formula is C22H25ClN6O3. The molecule has 1 aliphatic heterocycles. The van der Waals surface area contributed by atoms with E-state index in [1.807, 2.05) is 12.4 Å². The van der Waals surface area contributed by atoms with Gasteiger partial charge in [-0.2, -0.15) is 5.10 Å². The minimum absolute atomic E-state index is 0.290. The quantitative estimate of drug-likeness (QED) is 0.637. The molecule has 2 fully saturated rings. The number of amides is 1. The molecule has 3 aliphatic rings. The highest BCUT2D eigenvalue weighted by Gasteiger charge is 2.39. The molecule has 0 radical (unpaired) electrons. The summed E-state index contributed by atoms with van der Waals surface area (Å²) in [5, 5.41) is 10.7. The highest BCUT2D eigenvalue weighted by molar-refractivity contribution is 6.31. The van der Waals surface area contributed by atoms with Gasteiger partial charge in [-0.05, 0) is 49.6 Å². The number of hydrogen-bond acceptors (Lipinski definition) is 6. The first-order chi connectivity index (χ1) is 15.5. The molecule has 2 saturated carbocycles. The van der Waals surface area contributed by atoms with Crippen LogP contribution in [0.4, 0.5) is 11.5 Å². The molecule has 1 amide bonds. The Hall–Kier alpha value is -2.81. The summed E-state index contributed by atoms with van der Waals surface area (Å²) in [6.45, 7) is 0.889. The van der Waals surface area contributed by atoms with Crippen molar-refractivity contribution >= 4 is 35.2 Å². The highest BCUT2D eigenvalue weighted by atomic mass is 35.5. The van der Waals surface area contributed by atoms with Gasteiger partial charge in [0.05, 0.1) is 23.3 Å². The molecule has 0 spiro atoms. The van der Waals surface area contributed by atoms with Gasteiger partial charge in [-0.25, -0.2) is 4.99 Å². The smallest absolute Gasteiger partial charge is 0.275 e. The number of hydrogen-bond donors (Lipinski definition) is 1. The molecule has 0 bridgehead atoms. The second-order valence-corrected chi connectivity index (χ2v) is 9.47. The molecule has 0 saturated heterocycles. The summed E-state index contributed by atoms with van der Waals surface area (Å²) < 4.78 is 3.65. The minimum atomic E-state index is -0.740. The average Bonchev–Trinajstić information content (AvgIpc) is 3.42. The number of halogens is 1. The second-order valence-electron chi connectivity index (χ2n) is 9.07. The Kier molecular flexibility index (Phi) is 5.44. The minimum Gasteiger partial charge on any atom is -0.350 e. The zero-order chi connectivity index (χ0) is 22.3. The average molecular weight is 457 g/mol. The Morgan fingerprint density at radius 2 is 2.06 bits per heavy atom. The number of fused-ring (bicyclic) bond motifs is 1. The number of rotatable bonds is 7. The number of nitrogens with one attached hydrogen (secondary N) is 1. The van der Waals surface area contributed by atoms with E-state index >= 15 is 0 Å². The fraction of sp³-hybridized carbons (Fsp3) is 0.545. The van der Waals surface area contributed by atoms with Gasteiger partial charge in [-0.1, -0.05) is 24.4 Å². The zero-order valence-electron chi connectivity index (χ0n) is 17.7. The largest absolute Gasteiger partial charge is 0.350 e. The fourth-order valence-corrected chi connectivity index (χ4v) is 5.14. The molecule has 10 heteroatoms. The van der Waals surface area contributed by atoms with Crippen molar-refractivity contribution < 1.29 is 4.79 Å². The summed E-state index contributed by atoms with van der Waals surface area (Å²) >= 11 is 6.54. The molecular weight excluding hydrogens is 432 g/mol. The Morgan fingerprint density at radius 3 is 2.78 bits per heavy atom. The van der Waals surface area contributed by atoms with Crippen LogP contribution in [-0.4, -0.2) is 33.0 Å². The van der Waals surface area contributed by atoms with E-state index in [0.29, 0.717) is 24.0 Å². The fourth-order valence-electron chi connectivity index (χ4n) is 4.87. The van der Waals surface area contributed by atoms with Gasteiger partial charge >= 0.3 is 0 Å². The number of nitrogens with zero attached hydrogens (tertiary/aromatic N) is 5. The van der Waals surface area contributed by atoms with Crippen LogP contribution in [-0.2, 0) is 18.5 Å². The van der Waals surface area contributed by atoms with Crippen molar-refractivity contribution in [3.05, 3.63) is 43.8 Å². The van der Waals surface area contributed by atoms with Gasteiger partial charge < -0.3 is 9.88 Å². The van der Waals surface area contributed by atoms with Gasteiger partial charge in [-0.15, -0.1) is 4.91 Å². The first kappa shape index (κ1) is 21.1. The molecule has 0 unspecified atom stereocenters. The molecule has 1 N–H and O–H groups in total. The summed E-state index contributed by atoms with van der Waals surface area (Å²) in [6, 6.07) is 0. The maximum atomic E-state index is 12.6. The molecule has 5 rings (SSSR count). The molecule has 2 aliphatic carbocycles. The third-order valence-electron chi connectivity index (χ3n) is 6.78. The number of aromatic nitrogens is 3. The van der Waals surface area contributed by atoms with Crippen LogP contribution >= 0.6 is 11.6 Å². The van der Waals surface area contributed by atoms with E-state index in [9.17, 15) is 14.5 Å². The third-order valence-corrected chi connectivity index (χ3v) is 7.10. The van der Waals surface area contributed by atoms with Crippen molar-refractivity contribution in [2.45, 2.75) is 63.5 Å². The van der Waals surface area contributed by atoms with E-state index in [4.69, 9.17) is 11.6 Å². The van der Waals surface area contributed by atoms with Gasteiger partial charge in [-0.3, -0.25) is 14.3 Å². The van der Waals surface area contributed by atoms with Crippen molar-refractivity contribution in [1.29, 1.82) is 0 Å². The predicted octanol–water partition coefficient (Wildman–Crippen LogP) is 3.85. The molecule has 0 atom stereocenters. The monoisotopic (exact) mass is 456 g/mol. The van der Waals surface area contributed by atoms with E-state index in [2.05, 4.69) is 25.2 Å². The van der Waals surface area contributed by atoms with Gasteiger partial charge in [0.15, 0.2) is 11.4 Å². The van der Waals surface area contributed by atoms with E-state index in [0.717, 1.165) is 62.7 Å². The van der Waals surface area contributed by atoms with Gasteiger partial charge in [0.25, 0.3) is 5.91 Å². The molecule has 0 aromatic carbocycles. The number of carbonyl (C=O) groups is 1. The summed E-state index contributed by atoms with van der Waals surface area (Å²) in [6.07, 6.45) is 12.8. The maximum absolute atomic E-state index is 12.6. The molecule has 2 aromatic rings. The Balaban J connectivity index is 1.52. The van der Waals surface area contributed by atoms with E-state index in [-0.39, 0.29) is 16.9 Å². The highest BCUT2D eigenvalue weighted by Crippen LogP contribution is 2.45. The van der Waals surface area contributed by atoms with Crippen molar-refractivity contribution in [1.82, 2.24) is 19.7 Å². The van der Waals surface area contributed by atoms with Crippen molar-refractivity contribution in [3.8, 4) is 0 Å². The van der Waals surface area contributed by atoms with E-state index < -0.39 is 11.3 Å². The lowest BCUT2D eigenvalue weighted by Crippen LogP contribution is -2.38. The lowest BCUT2D eigenvalue weighted by Gasteiger charge is -2.33. The first-order valence-electron chi connectivity index (χ1n) is 11.2. The number of carbonyl (C=O) groups excluding carboxylic acids is 1. The molecule has 9 nitrogen and oxygen atoms in total. The molecule has 3 heterocycles. The van der Waals surface area contributed by atoms with Gasteiger partial charge in [0.1, 0.15) is 5.82 Å². The first-order valence-corrected chi connectivity index (χ1v) is 11.5. The van der Waals surface area contributed by atoms with Crippen LogP contribution in [0.1, 0.15) is 61.0 Å². The summed E-state index contributed by atoms with van der Waals surface area (Å²) in [7, 11) is 0. The predicted molar refractivity (Wildman–Crippen MR) is 121 cm³/mol. The van der Waals surface area contributed by atoms with Crippen LogP contribution in [0.3, 0.4) is 0 Å². The van der Waals surface area contributed by atoms with Gasteiger partial charge in [0.2, 0.25) is 5.43 Å². The molecule has 32 heavy (non-hydrogen) atoms. The van der Waals surface area contributed by atoms with Crippen LogP contribution < -0.4 is 10.7 Å². The van der Waals surface area contributed by atoms with E-state index in [1.54, 1.807) is 0 Å². The van der Waals surface area contributed by atoms with Gasteiger partial charge in [0, 0.05) is 24.5 Å². The molecule has 2 aromatic heterocycles. The van der Waals surface area contributed by atoms with Crippen molar-refractivity contribution in [2.75, 3.05) is 6.54 Å². The maximum Gasteiger partial charge on any atom is 0.275 e. The van der Waals surface area contributed by atoms with Crippen LogP contribution in [0.5, 0.6) is 0 Å². The van der Waals surface area contributed by atoms with Crippen LogP contribution in [0.15, 0.2) is 27.4 Å². The third kappa shape index (κ3) is 3.79. The molecule has 168 valence electrons.